The first kappa shape index (κ1) is 19.4. The van der Waals surface area contributed by atoms with E-state index in [1.54, 1.807) is 0 Å². The van der Waals surface area contributed by atoms with Gasteiger partial charge in [0.2, 0.25) is 0 Å². The molecule has 1 saturated carbocycles. The molecule has 0 bridgehead atoms. The number of imide groups is 1. The number of urea groups is 1. The normalized spacial score (nSPS) is 18.8. The van der Waals surface area contributed by atoms with Crippen molar-refractivity contribution >= 4 is 17.7 Å². The second kappa shape index (κ2) is 7.50. The van der Waals surface area contributed by atoms with Crippen LogP contribution in [0.2, 0.25) is 0 Å². The van der Waals surface area contributed by atoms with E-state index in [0.717, 1.165) is 47.7 Å². The molecule has 2 aliphatic rings. The molecule has 0 atom stereocenters. The third kappa shape index (κ3) is 3.37. The lowest BCUT2D eigenvalue weighted by molar-refractivity contribution is -0.131. The Labute approximate surface area is 170 Å². The van der Waals surface area contributed by atoms with E-state index in [9.17, 15) is 14.4 Å². The number of aryl methyl sites for hydroxylation is 1. The summed E-state index contributed by atoms with van der Waals surface area (Å²) in [6, 6.07) is 11.2. The number of hydrogen-bond acceptors (Lipinski definition) is 3. The first-order valence-electron chi connectivity index (χ1n) is 10.3. The molecule has 2 heterocycles. The van der Waals surface area contributed by atoms with E-state index >= 15 is 0 Å². The predicted molar refractivity (Wildman–Crippen MR) is 110 cm³/mol. The molecule has 2 fully saturated rings. The Bertz CT molecular complexity index is 953. The molecule has 3 amide bonds. The number of amides is 3. The standard InChI is InChI=1S/C23H27N3O3/c1-16-14-19(17(2)26(16)18-10-6-5-7-11-18)20(27)15-25-21(28)23(24-22(25)29)12-8-3-4-9-13-23/h5-7,10-11,14H,3-4,8-9,12-13,15H2,1-2H3,(H,24,29). The van der Waals surface area contributed by atoms with Crippen LogP contribution >= 0.6 is 0 Å². The highest BCUT2D eigenvalue weighted by molar-refractivity contribution is 6.11. The Morgan fingerprint density at radius 3 is 2.34 bits per heavy atom. The van der Waals surface area contributed by atoms with Crippen LogP contribution in [0.4, 0.5) is 4.79 Å². The first-order chi connectivity index (χ1) is 13.9. The molecule has 0 radical (unpaired) electrons. The third-order valence-electron chi connectivity index (χ3n) is 6.25. The maximum atomic E-state index is 13.1. The highest BCUT2D eigenvalue weighted by Gasteiger charge is 2.51. The number of Topliss-reactive ketones (excluding diaryl/α,β-unsaturated/α-hetero) is 1. The van der Waals surface area contributed by atoms with E-state index in [4.69, 9.17) is 0 Å². The van der Waals surface area contributed by atoms with Crippen LogP contribution in [0.15, 0.2) is 36.4 Å². The SMILES string of the molecule is Cc1cc(C(=O)CN2C(=O)NC3(CCCCCC3)C2=O)c(C)n1-c1ccccc1. The molecule has 6 heteroatoms. The lowest BCUT2D eigenvalue weighted by Gasteiger charge is -2.24. The molecule has 1 saturated heterocycles. The van der Waals surface area contributed by atoms with Gasteiger partial charge in [0, 0.05) is 22.6 Å². The van der Waals surface area contributed by atoms with E-state index < -0.39 is 11.6 Å². The number of nitrogens with zero attached hydrogens (tertiary/aromatic N) is 2. The topological polar surface area (TPSA) is 71.4 Å². The summed E-state index contributed by atoms with van der Waals surface area (Å²) in [4.78, 5) is 39.8. The van der Waals surface area contributed by atoms with Crippen molar-refractivity contribution in [2.75, 3.05) is 6.54 Å². The monoisotopic (exact) mass is 393 g/mol. The van der Waals surface area contributed by atoms with Crippen molar-refractivity contribution in [3.63, 3.8) is 0 Å². The quantitative estimate of drug-likeness (QED) is 0.632. The minimum atomic E-state index is -0.811. The molecule has 6 nitrogen and oxygen atoms in total. The molecular formula is C23H27N3O3. The van der Waals surface area contributed by atoms with Crippen molar-refractivity contribution in [2.24, 2.45) is 0 Å². The molecule has 1 N–H and O–H groups in total. The second-order valence-corrected chi connectivity index (χ2v) is 8.20. The molecule has 0 unspecified atom stereocenters. The minimum absolute atomic E-state index is 0.213. The summed E-state index contributed by atoms with van der Waals surface area (Å²) in [5, 5.41) is 2.90. The average Bonchev–Trinajstić information content (AvgIpc) is 2.99. The van der Waals surface area contributed by atoms with Crippen LogP contribution in [0, 0.1) is 13.8 Å². The number of para-hydroxylation sites is 1. The Morgan fingerprint density at radius 2 is 1.69 bits per heavy atom. The van der Waals surface area contributed by atoms with Crippen molar-refractivity contribution in [2.45, 2.75) is 57.9 Å². The van der Waals surface area contributed by atoms with Gasteiger partial charge in [-0.3, -0.25) is 14.5 Å². The molecule has 1 aromatic heterocycles. The zero-order valence-electron chi connectivity index (χ0n) is 17.0. The van der Waals surface area contributed by atoms with E-state index in [-0.39, 0.29) is 18.2 Å². The summed E-state index contributed by atoms with van der Waals surface area (Å²) in [6.07, 6.45) is 5.32. The van der Waals surface area contributed by atoms with E-state index in [0.29, 0.717) is 18.4 Å². The van der Waals surface area contributed by atoms with Gasteiger partial charge in [-0.15, -0.1) is 0 Å². The lowest BCUT2D eigenvalue weighted by atomic mass is 9.90. The molecule has 2 aromatic rings. The van der Waals surface area contributed by atoms with Crippen molar-refractivity contribution in [1.82, 2.24) is 14.8 Å². The van der Waals surface area contributed by atoms with E-state index in [1.807, 2.05) is 54.8 Å². The summed E-state index contributed by atoms with van der Waals surface area (Å²) in [6.45, 7) is 3.63. The summed E-state index contributed by atoms with van der Waals surface area (Å²) in [7, 11) is 0. The lowest BCUT2D eigenvalue weighted by Crippen LogP contribution is -2.46. The zero-order valence-corrected chi connectivity index (χ0v) is 17.0. The van der Waals surface area contributed by atoms with Gasteiger partial charge in [0.25, 0.3) is 5.91 Å². The Morgan fingerprint density at radius 1 is 1.03 bits per heavy atom. The summed E-state index contributed by atoms with van der Waals surface area (Å²) >= 11 is 0. The number of benzene rings is 1. The van der Waals surface area contributed by atoms with Gasteiger partial charge < -0.3 is 9.88 Å². The highest BCUT2D eigenvalue weighted by Crippen LogP contribution is 2.33. The van der Waals surface area contributed by atoms with Crippen LogP contribution in [-0.2, 0) is 4.79 Å². The van der Waals surface area contributed by atoms with Gasteiger partial charge in [0.1, 0.15) is 5.54 Å². The fraction of sp³-hybridized carbons (Fsp3) is 0.435. The van der Waals surface area contributed by atoms with Crippen molar-refractivity contribution in [3.05, 3.63) is 53.3 Å². The number of aromatic nitrogens is 1. The van der Waals surface area contributed by atoms with E-state index in [2.05, 4.69) is 5.32 Å². The van der Waals surface area contributed by atoms with Crippen LogP contribution in [-0.4, -0.2) is 39.3 Å². The number of carbonyl (C=O) groups excluding carboxylic acids is 3. The second-order valence-electron chi connectivity index (χ2n) is 8.20. The third-order valence-corrected chi connectivity index (χ3v) is 6.25. The van der Waals surface area contributed by atoms with Gasteiger partial charge >= 0.3 is 6.03 Å². The van der Waals surface area contributed by atoms with Gasteiger partial charge in [0.15, 0.2) is 5.78 Å². The van der Waals surface area contributed by atoms with Crippen LogP contribution in [0.3, 0.4) is 0 Å². The van der Waals surface area contributed by atoms with Gasteiger partial charge in [-0.1, -0.05) is 43.9 Å². The molecule has 152 valence electrons. The average molecular weight is 393 g/mol. The maximum Gasteiger partial charge on any atom is 0.325 e. The Hall–Kier alpha value is -2.89. The number of nitrogens with one attached hydrogen (secondary N) is 1. The van der Waals surface area contributed by atoms with Gasteiger partial charge in [-0.05, 0) is 44.9 Å². The number of ketones is 1. The zero-order chi connectivity index (χ0) is 20.6. The van der Waals surface area contributed by atoms with Gasteiger partial charge in [-0.2, -0.15) is 0 Å². The molecule has 1 aromatic carbocycles. The van der Waals surface area contributed by atoms with Gasteiger partial charge in [0.05, 0.1) is 6.54 Å². The molecule has 1 aliphatic carbocycles. The van der Waals surface area contributed by atoms with Crippen molar-refractivity contribution in [3.8, 4) is 5.69 Å². The van der Waals surface area contributed by atoms with Crippen LogP contribution < -0.4 is 5.32 Å². The van der Waals surface area contributed by atoms with E-state index in [1.165, 1.54) is 0 Å². The number of carbonyl (C=O) groups is 3. The number of rotatable bonds is 4. The summed E-state index contributed by atoms with van der Waals surface area (Å²) in [5.74, 6) is -0.455. The smallest absolute Gasteiger partial charge is 0.323 e. The fourth-order valence-corrected chi connectivity index (χ4v) is 4.74. The largest absolute Gasteiger partial charge is 0.325 e. The van der Waals surface area contributed by atoms with Crippen LogP contribution in [0.5, 0.6) is 0 Å². The Balaban J connectivity index is 1.57. The molecule has 29 heavy (non-hydrogen) atoms. The molecular weight excluding hydrogens is 366 g/mol. The number of hydrogen-bond donors (Lipinski definition) is 1. The van der Waals surface area contributed by atoms with Crippen LogP contribution in [0.25, 0.3) is 5.69 Å². The van der Waals surface area contributed by atoms with Crippen molar-refractivity contribution < 1.29 is 14.4 Å². The highest BCUT2D eigenvalue weighted by atomic mass is 16.2. The predicted octanol–water partition coefficient (Wildman–Crippen LogP) is 3.92. The molecule has 4 rings (SSSR count). The minimum Gasteiger partial charge on any atom is -0.323 e. The maximum absolute atomic E-state index is 13.1. The summed E-state index contributed by atoms with van der Waals surface area (Å²) < 4.78 is 2.02. The van der Waals surface area contributed by atoms with Crippen molar-refractivity contribution in [1.29, 1.82) is 0 Å². The fourth-order valence-electron chi connectivity index (χ4n) is 4.74. The Kier molecular flexibility index (Phi) is 5.03. The first-order valence-corrected chi connectivity index (χ1v) is 10.3. The molecule has 1 aliphatic heterocycles. The molecule has 1 spiro atoms. The summed E-state index contributed by atoms with van der Waals surface area (Å²) in [5.41, 5.74) is 2.47. The van der Waals surface area contributed by atoms with Gasteiger partial charge in [-0.25, -0.2) is 4.79 Å². The van der Waals surface area contributed by atoms with Crippen LogP contribution in [0.1, 0.15) is 60.3 Å².